The Kier molecular flexibility index (Phi) is 5.91. The molecule has 0 saturated carbocycles. The minimum absolute atomic E-state index is 0.0226. The molecule has 0 radical (unpaired) electrons. The first-order valence-electron chi connectivity index (χ1n) is 10.9. The predicted molar refractivity (Wildman–Crippen MR) is 127 cm³/mol. The average Bonchev–Trinajstić information content (AvgIpc) is 2.74. The Balaban J connectivity index is 1.95. The lowest BCUT2D eigenvalue weighted by Gasteiger charge is -2.43. The van der Waals surface area contributed by atoms with E-state index in [1.807, 2.05) is 26.8 Å². The summed E-state index contributed by atoms with van der Waals surface area (Å²) >= 11 is 6.28. The number of aryl methyl sites for hydroxylation is 1. The Bertz CT molecular complexity index is 1160. The summed E-state index contributed by atoms with van der Waals surface area (Å²) in [5.41, 5.74) is 3.36. The molecule has 4 rings (SSSR count). The Morgan fingerprint density at radius 2 is 1.70 bits per heavy atom. The number of carbonyl (C=O) groups is 2. The molecular weight excluding hydrogens is 442 g/mol. The highest BCUT2D eigenvalue weighted by Crippen LogP contribution is 2.50. The van der Waals surface area contributed by atoms with Gasteiger partial charge in [0.25, 0.3) is 0 Å². The minimum Gasteiger partial charge on any atom is -0.502 e. The molecule has 1 amide bonds. The van der Waals surface area contributed by atoms with E-state index < -0.39 is 5.92 Å². The number of Topliss-reactive ketones (excluding diaryl/α,β-unsaturated/α-hetero) is 1. The molecule has 2 aromatic carbocycles. The smallest absolute Gasteiger partial charge is 0.232 e. The number of allylic oxidation sites excluding steroid dienone is 2. The van der Waals surface area contributed by atoms with Gasteiger partial charge in [0.1, 0.15) is 0 Å². The van der Waals surface area contributed by atoms with E-state index in [1.54, 1.807) is 29.2 Å². The van der Waals surface area contributed by atoms with Crippen LogP contribution < -0.4 is 14.4 Å². The summed E-state index contributed by atoms with van der Waals surface area (Å²) in [6.07, 6.45) is 1.08. The molecule has 1 N–H and O–H groups in total. The first-order valence-corrected chi connectivity index (χ1v) is 11.2. The summed E-state index contributed by atoms with van der Waals surface area (Å²) in [4.78, 5) is 28.8. The molecule has 2 aromatic rings. The van der Waals surface area contributed by atoms with Crippen LogP contribution in [0.15, 0.2) is 41.6 Å². The number of aromatic hydroxyl groups is 1. The van der Waals surface area contributed by atoms with Crippen molar-refractivity contribution in [1.82, 2.24) is 0 Å². The van der Waals surface area contributed by atoms with Gasteiger partial charge >= 0.3 is 0 Å². The van der Waals surface area contributed by atoms with Gasteiger partial charge < -0.3 is 14.6 Å². The average molecular weight is 470 g/mol. The van der Waals surface area contributed by atoms with Crippen molar-refractivity contribution in [2.75, 3.05) is 19.1 Å². The van der Waals surface area contributed by atoms with Gasteiger partial charge in [-0.15, -0.1) is 0 Å². The van der Waals surface area contributed by atoms with Gasteiger partial charge in [-0.2, -0.15) is 0 Å². The fraction of sp³-hybridized carbons (Fsp3) is 0.385. The molecule has 0 fully saturated rings. The number of anilines is 1. The van der Waals surface area contributed by atoms with Gasteiger partial charge in [-0.05, 0) is 54.2 Å². The van der Waals surface area contributed by atoms with Crippen LogP contribution in [0.3, 0.4) is 0 Å². The maximum Gasteiger partial charge on any atom is 0.232 e. The Morgan fingerprint density at radius 3 is 2.30 bits per heavy atom. The lowest BCUT2D eigenvalue weighted by Crippen LogP contribution is -2.44. The molecule has 2 aliphatic rings. The molecule has 33 heavy (non-hydrogen) atoms. The number of phenols is 1. The number of ketones is 1. The number of carbonyl (C=O) groups excluding carboxylic acids is 2. The number of rotatable bonds is 4. The molecular formula is C26H28ClNO5. The largest absolute Gasteiger partial charge is 0.502 e. The zero-order valence-electron chi connectivity index (χ0n) is 19.5. The van der Waals surface area contributed by atoms with E-state index >= 15 is 0 Å². The number of methoxy groups -OCH3 is 2. The van der Waals surface area contributed by atoms with Crippen molar-refractivity contribution >= 4 is 29.0 Å². The number of nitrogens with zero attached hydrogens (tertiary/aromatic N) is 1. The Morgan fingerprint density at radius 1 is 1.06 bits per heavy atom. The molecule has 6 nitrogen and oxygen atoms in total. The second-order valence-electron chi connectivity index (χ2n) is 9.49. The molecule has 1 atom stereocenters. The van der Waals surface area contributed by atoms with Crippen LogP contribution in [0.1, 0.15) is 50.2 Å². The van der Waals surface area contributed by atoms with Gasteiger partial charge in [-0.1, -0.05) is 31.5 Å². The van der Waals surface area contributed by atoms with E-state index in [4.69, 9.17) is 21.1 Å². The zero-order valence-corrected chi connectivity index (χ0v) is 20.2. The summed E-state index contributed by atoms with van der Waals surface area (Å²) in [7, 11) is 2.90. The number of benzene rings is 2. The van der Waals surface area contributed by atoms with Crippen molar-refractivity contribution in [3.8, 4) is 17.2 Å². The molecule has 0 spiro atoms. The van der Waals surface area contributed by atoms with Gasteiger partial charge in [0.05, 0.1) is 19.9 Å². The third-order valence-corrected chi connectivity index (χ3v) is 6.69. The van der Waals surface area contributed by atoms with Crippen molar-refractivity contribution in [3.05, 3.63) is 57.8 Å². The monoisotopic (exact) mass is 469 g/mol. The highest BCUT2D eigenvalue weighted by atomic mass is 35.5. The standard InChI is InChI=1S/C26H28ClNO5/c1-14-6-7-16(27)10-18(14)28-19-12-26(2,3)13-20(29)24(19)17(11-23(28)30)15-8-21(32-4)25(31)22(9-15)33-5/h6-10,17,31H,11-13H2,1-5H3. The van der Waals surface area contributed by atoms with E-state index in [1.165, 1.54) is 14.2 Å². The molecule has 0 aromatic heterocycles. The van der Waals surface area contributed by atoms with E-state index in [9.17, 15) is 14.7 Å². The van der Waals surface area contributed by atoms with Crippen LogP contribution in [-0.4, -0.2) is 31.0 Å². The van der Waals surface area contributed by atoms with Gasteiger partial charge in [0, 0.05) is 35.1 Å². The van der Waals surface area contributed by atoms with Gasteiger partial charge in [-0.25, -0.2) is 0 Å². The Hall–Kier alpha value is -2.99. The second-order valence-corrected chi connectivity index (χ2v) is 9.93. The van der Waals surface area contributed by atoms with Crippen LogP contribution in [0.5, 0.6) is 17.2 Å². The molecule has 1 heterocycles. The first kappa shape index (κ1) is 23.2. The fourth-order valence-corrected chi connectivity index (χ4v) is 5.08. The molecule has 0 bridgehead atoms. The molecule has 174 valence electrons. The molecule has 7 heteroatoms. The van der Waals surface area contributed by atoms with Crippen LogP contribution in [0.25, 0.3) is 0 Å². The van der Waals surface area contributed by atoms with E-state index in [2.05, 4.69) is 0 Å². The van der Waals surface area contributed by atoms with Crippen molar-refractivity contribution in [3.63, 3.8) is 0 Å². The van der Waals surface area contributed by atoms with Gasteiger partial charge in [0.15, 0.2) is 17.3 Å². The van der Waals surface area contributed by atoms with Crippen molar-refractivity contribution in [2.24, 2.45) is 5.41 Å². The maximum atomic E-state index is 13.6. The Labute approximate surface area is 198 Å². The lowest BCUT2D eigenvalue weighted by atomic mass is 9.69. The summed E-state index contributed by atoms with van der Waals surface area (Å²) in [6, 6.07) is 8.79. The predicted octanol–water partition coefficient (Wildman–Crippen LogP) is 5.53. The van der Waals surface area contributed by atoms with Crippen molar-refractivity contribution < 1.29 is 24.2 Å². The highest BCUT2D eigenvalue weighted by molar-refractivity contribution is 6.31. The number of ether oxygens (including phenoxy) is 2. The molecule has 1 aliphatic heterocycles. The van der Waals surface area contributed by atoms with Gasteiger partial charge in [-0.3, -0.25) is 14.5 Å². The molecule has 1 unspecified atom stereocenters. The van der Waals surface area contributed by atoms with Crippen LogP contribution in [0, 0.1) is 12.3 Å². The van der Waals surface area contributed by atoms with Crippen LogP contribution in [-0.2, 0) is 9.59 Å². The highest BCUT2D eigenvalue weighted by Gasteiger charge is 2.45. The van der Waals surface area contributed by atoms with Crippen molar-refractivity contribution in [2.45, 2.75) is 46.0 Å². The first-order chi connectivity index (χ1) is 15.6. The van der Waals surface area contributed by atoms with E-state index in [0.717, 1.165) is 5.56 Å². The number of phenolic OH excluding ortho intramolecular Hbond substituents is 1. The third-order valence-electron chi connectivity index (χ3n) is 6.46. The fourth-order valence-electron chi connectivity index (χ4n) is 4.92. The lowest BCUT2D eigenvalue weighted by molar-refractivity contribution is -0.121. The number of hydrogen-bond donors (Lipinski definition) is 1. The molecule has 0 saturated heterocycles. The quantitative estimate of drug-likeness (QED) is 0.636. The topological polar surface area (TPSA) is 76.1 Å². The molecule has 1 aliphatic carbocycles. The maximum absolute atomic E-state index is 13.6. The van der Waals surface area contributed by atoms with Gasteiger partial charge in [0.2, 0.25) is 11.7 Å². The normalized spacial score (nSPS) is 20.1. The third kappa shape index (κ3) is 4.08. The zero-order chi connectivity index (χ0) is 24.1. The summed E-state index contributed by atoms with van der Waals surface area (Å²) in [5.74, 6) is -0.205. The summed E-state index contributed by atoms with van der Waals surface area (Å²) in [5, 5.41) is 10.9. The number of amides is 1. The van der Waals surface area contributed by atoms with Crippen LogP contribution in [0.4, 0.5) is 5.69 Å². The summed E-state index contributed by atoms with van der Waals surface area (Å²) < 4.78 is 10.6. The number of hydrogen-bond acceptors (Lipinski definition) is 5. The van der Waals surface area contributed by atoms with E-state index in [0.29, 0.717) is 40.4 Å². The van der Waals surface area contributed by atoms with E-state index in [-0.39, 0.29) is 40.8 Å². The van der Waals surface area contributed by atoms with Crippen LogP contribution in [0.2, 0.25) is 5.02 Å². The summed E-state index contributed by atoms with van der Waals surface area (Å²) in [6.45, 7) is 6.01. The van der Waals surface area contributed by atoms with Crippen LogP contribution >= 0.6 is 11.6 Å². The van der Waals surface area contributed by atoms with Crippen molar-refractivity contribution in [1.29, 1.82) is 0 Å². The SMILES string of the molecule is COc1cc(C2CC(=O)N(c3cc(Cl)ccc3C)C3=C2C(=O)CC(C)(C)C3)cc(OC)c1O. The second kappa shape index (κ2) is 8.41. The number of halogens is 1. The minimum atomic E-state index is -0.463.